The van der Waals surface area contributed by atoms with Gasteiger partial charge in [0, 0.05) is 50.9 Å². The first-order valence-corrected chi connectivity index (χ1v) is 9.53. The van der Waals surface area contributed by atoms with Crippen molar-refractivity contribution in [2.24, 2.45) is 0 Å². The van der Waals surface area contributed by atoms with Crippen molar-refractivity contribution in [2.75, 3.05) is 31.1 Å². The predicted octanol–water partition coefficient (Wildman–Crippen LogP) is 2.51. The summed E-state index contributed by atoms with van der Waals surface area (Å²) in [7, 11) is 0. The number of non-ortho nitro benzene ring substituents is 1. The molecule has 1 aliphatic heterocycles. The zero-order chi connectivity index (χ0) is 20.8. The number of hydrogen-bond donors (Lipinski definition) is 1. The smallest absolute Gasteiger partial charge is 0.269 e. The van der Waals surface area contributed by atoms with E-state index in [1.807, 2.05) is 30.3 Å². The fraction of sp³-hybridized carbons (Fsp3) is 0.333. The van der Waals surface area contributed by atoms with Gasteiger partial charge in [-0.15, -0.1) is 0 Å². The van der Waals surface area contributed by atoms with E-state index < -0.39 is 4.92 Å². The molecule has 0 aromatic heterocycles. The number of amides is 2. The Balaban J connectivity index is 1.58. The number of benzene rings is 2. The van der Waals surface area contributed by atoms with Crippen LogP contribution in [0.25, 0.3) is 0 Å². The molecule has 0 spiro atoms. The van der Waals surface area contributed by atoms with E-state index >= 15 is 0 Å². The molecule has 152 valence electrons. The van der Waals surface area contributed by atoms with E-state index in [0.717, 1.165) is 11.3 Å². The quantitative estimate of drug-likeness (QED) is 0.598. The highest BCUT2D eigenvalue weighted by atomic mass is 16.6. The van der Waals surface area contributed by atoms with E-state index in [-0.39, 0.29) is 30.0 Å². The van der Waals surface area contributed by atoms with Crippen LogP contribution in [0.1, 0.15) is 24.9 Å². The zero-order valence-corrected chi connectivity index (χ0v) is 16.3. The van der Waals surface area contributed by atoms with Crippen molar-refractivity contribution in [3.63, 3.8) is 0 Å². The number of nitrogens with one attached hydrogen (secondary N) is 1. The number of nitrogens with zero attached hydrogens (tertiary/aromatic N) is 3. The maximum atomic E-state index is 12.8. The van der Waals surface area contributed by atoms with Gasteiger partial charge in [0.25, 0.3) is 5.69 Å². The largest absolute Gasteiger partial charge is 0.368 e. The van der Waals surface area contributed by atoms with E-state index in [0.29, 0.717) is 26.2 Å². The average Bonchev–Trinajstić information content (AvgIpc) is 2.73. The predicted molar refractivity (Wildman–Crippen MR) is 110 cm³/mol. The van der Waals surface area contributed by atoms with Crippen LogP contribution in [-0.4, -0.2) is 47.8 Å². The minimum absolute atomic E-state index is 0.00375. The molecule has 29 heavy (non-hydrogen) atoms. The van der Waals surface area contributed by atoms with Crippen molar-refractivity contribution in [1.29, 1.82) is 0 Å². The maximum absolute atomic E-state index is 12.8. The molecule has 0 saturated carbocycles. The molecule has 0 aliphatic carbocycles. The third kappa shape index (κ3) is 5.31. The molecule has 3 rings (SSSR count). The van der Waals surface area contributed by atoms with Crippen molar-refractivity contribution in [3.8, 4) is 0 Å². The molecule has 8 heteroatoms. The van der Waals surface area contributed by atoms with Gasteiger partial charge in [0.05, 0.1) is 17.4 Å². The van der Waals surface area contributed by atoms with E-state index in [1.54, 1.807) is 17.0 Å². The number of rotatable bonds is 6. The van der Waals surface area contributed by atoms with Crippen molar-refractivity contribution < 1.29 is 14.5 Å². The SMILES string of the molecule is CC(=O)N[C@@H](CC(=O)N1CCN(c2ccc([N+](=O)[O-])cc2)CC1)c1ccccc1. The number of hydrogen-bond acceptors (Lipinski definition) is 5. The van der Waals surface area contributed by atoms with Crippen molar-refractivity contribution in [3.05, 3.63) is 70.3 Å². The Morgan fingerprint density at radius 1 is 1.03 bits per heavy atom. The molecular weight excluding hydrogens is 372 g/mol. The summed E-state index contributed by atoms with van der Waals surface area (Å²) in [5.41, 5.74) is 1.87. The van der Waals surface area contributed by atoms with Gasteiger partial charge in [-0.1, -0.05) is 30.3 Å². The minimum Gasteiger partial charge on any atom is -0.368 e. The number of piperazine rings is 1. The number of carbonyl (C=O) groups is 2. The fourth-order valence-corrected chi connectivity index (χ4v) is 3.49. The summed E-state index contributed by atoms with van der Waals surface area (Å²) in [6, 6.07) is 15.6. The molecule has 1 aliphatic rings. The molecule has 0 bridgehead atoms. The molecule has 1 saturated heterocycles. The van der Waals surface area contributed by atoms with Gasteiger partial charge in [-0.3, -0.25) is 19.7 Å². The second-order valence-electron chi connectivity index (χ2n) is 7.01. The normalized spacial score (nSPS) is 14.9. The van der Waals surface area contributed by atoms with Gasteiger partial charge < -0.3 is 15.1 Å². The molecule has 2 aromatic rings. The summed E-state index contributed by atoms with van der Waals surface area (Å²) in [4.78, 5) is 38.7. The molecule has 0 unspecified atom stereocenters. The summed E-state index contributed by atoms with van der Waals surface area (Å²) >= 11 is 0. The lowest BCUT2D eigenvalue weighted by molar-refractivity contribution is -0.384. The van der Waals surface area contributed by atoms with Crippen LogP contribution in [0.4, 0.5) is 11.4 Å². The molecule has 1 N–H and O–H groups in total. The molecular formula is C21H24N4O4. The molecule has 1 fully saturated rings. The Labute approximate surface area is 169 Å². The Bertz CT molecular complexity index is 862. The van der Waals surface area contributed by atoms with Crippen LogP contribution in [0.15, 0.2) is 54.6 Å². The molecule has 2 amide bonds. The van der Waals surface area contributed by atoms with E-state index in [4.69, 9.17) is 0 Å². The monoisotopic (exact) mass is 396 g/mol. The number of nitro groups is 1. The average molecular weight is 396 g/mol. The minimum atomic E-state index is -0.418. The van der Waals surface area contributed by atoms with Gasteiger partial charge in [-0.05, 0) is 17.7 Å². The van der Waals surface area contributed by atoms with Crippen molar-refractivity contribution in [2.45, 2.75) is 19.4 Å². The van der Waals surface area contributed by atoms with E-state index in [1.165, 1.54) is 19.1 Å². The van der Waals surface area contributed by atoms with Crippen molar-refractivity contribution >= 4 is 23.2 Å². The topological polar surface area (TPSA) is 95.8 Å². The van der Waals surface area contributed by atoms with Gasteiger partial charge in [0.1, 0.15) is 0 Å². The second kappa shape index (κ2) is 9.18. The second-order valence-corrected chi connectivity index (χ2v) is 7.01. The van der Waals surface area contributed by atoms with Crippen LogP contribution in [0.3, 0.4) is 0 Å². The molecule has 1 atom stereocenters. The third-order valence-corrected chi connectivity index (χ3v) is 5.02. The Hall–Kier alpha value is -3.42. The van der Waals surface area contributed by atoms with E-state index in [9.17, 15) is 19.7 Å². The summed E-state index contributed by atoms with van der Waals surface area (Å²) in [6.07, 6.45) is 0.209. The van der Waals surface area contributed by atoms with Gasteiger partial charge in [-0.2, -0.15) is 0 Å². The van der Waals surface area contributed by atoms with Gasteiger partial charge in [-0.25, -0.2) is 0 Å². The van der Waals surface area contributed by atoms with Gasteiger partial charge in [0.2, 0.25) is 11.8 Å². The first kappa shape index (κ1) is 20.3. The Kier molecular flexibility index (Phi) is 6.43. The summed E-state index contributed by atoms with van der Waals surface area (Å²) in [6.45, 7) is 3.89. The van der Waals surface area contributed by atoms with Crippen LogP contribution >= 0.6 is 0 Å². The van der Waals surface area contributed by atoms with Gasteiger partial charge in [0.15, 0.2) is 0 Å². The van der Waals surface area contributed by atoms with Crippen molar-refractivity contribution in [1.82, 2.24) is 10.2 Å². The molecule has 2 aromatic carbocycles. The number of nitro benzene ring substituents is 1. The fourth-order valence-electron chi connectivity index (χ4n) is 3.49. The molecule has 0 radical (unpaired) electrons. The zero-order valence-electron chi connectivity index (χ0n) is 16.3. The first-order valence-electron chi connectivity index (χ1n) is 9.53. The van der Waals surface area contributed by atoms with Crippen LogP contribution in [0.2, 0.25) is 0 Å². The first-order chi connectivity index (χ1) is 13.9. The van der Waals surface area contributed by atoms with Crippen LogP contribution in [0.5, 0.6) is 0 Å². The highest BCUT2D eigenvalue weighted by Crippen LogP contribution is 2.22. The van der Waals surface area contributed by atoms with E-state index in [2.05, 4.69) is 10.2 Å². The molecule has 1 heterocycles. The summed E-state index contributed by atoms with van der Waals surface area (Å²) < 4.78 is 0. The lowest BCUT2D eigenvalue weighted by Gasteiger charge is -2.36. The Morgan fingerprint density at radius 2 is 1.66 bits per heavy atom. The number of carbonyl (C=O) groups excluding carboxylic acids is 2. The third-order valence-electron chi connectivity index (χ3n) is 5.02. The number of anilines is 1. The summed E-state index contributed by atoms with van der Waals surface area (Å²) in [5, 5.41) is 13.6. The highest BCUT2D eigenvalue weighted by Gasteiger charge is 2.25. The highest BCUT2D eigenvalue weighted by molar-refractivity contribution is 5.79. The van der Waals surface area contributed by atoms with Crippen LogP contribution in [-0.2, 0) is 9.59 Å². The molecule has 8 nitrogen and oxygen atoms in total. The standard InChI is InChI=1S/C21H24N4O4/c1-16(26)22-20(17-5-3-2-4-6-17)15-21(27)24-13-11-23(12-14-24)18-7-9-19(10-8-18)25(28)29/h2-10,20H,11-15H2,1H3,(H,22,26)/t20-/m0/s1. The summed E-state index contributed by atoms with van der Waals surface area (Å²) in [5.74, 6) is -0.175. The van der Waals surface area contributed by atoms with Crippen LogP contribution < -0.4 is 10.2 Å². The Morgan fingerprint density at radius 3 is 2.21 bits per heavy atom. The lowest BCUT2D eigenvalue weighted by Crippen LogP contribution is -2.49. The maximum Gasteiger partial charge on any atom is 0.269 e. The van der Waals surface area contributed by atoms with Crippen LogP contribution in [0, 0.1) is 10.1 Å². The lowest BCUT2D eigenvalue weighted by atomic mass is 10.0. The van der Waals surface area contributed by atoms with Gasteiger partial charge >= 0.3 is 0 Å².